The summed E-state index contributed by atoms with van der Waals surface area (Å²) in [6.45, 7) is 3.32. The molecule has 0 radical (unpaired) electrons. The summed E-state index contributed by atoms with van der Waals surface area (Å²) in [6.07, 6.45) is -4.88. The zero-order valence-electron chi connectivity index (χ0n) is 10.6. The van der Waals surface area contributed by atoms with Crippen molar-refractivity contribution in [3.05, 3.63) is 23.3 Å². The number of aryl methyl sites for hydroxylation is 2. The first-order valence-electron chi connectivity index (χ1n) is 5.18. The first-order chi connectivity index (χ1) is 8.18. The highest BCUT2D eigenvalue weighted by Crippen LogP contribution is 2.30. The van der Waals surface area contributed by atoms with Gasteiger partial charge in [-0.2, -0.15) is 13.2 Å². The maximum atomic E-state index is 12.3. The van der Waals surface area contributed by atoms with Gasteiger partial charge in [0.15, 0.2) is 0 Å². The fourth-order valence-electron chi connectivity index (χ4n) is 1.66. The van der Waals surface area contributed by atoms with Crippen LogP contribution in [0.1, 0.15) is 11.1 Å². The molecule has 1 aromatic carbocycles. The molecule has 6 heteroatoms. The van der Waals surface area contributed by atoms with Crippen LogP contribution in [0.15, 0.2) is 12.1 Å². The van der Waals surface area contributed by atoms with E-state index in [1.165, 1.54) is 13.2 Å². The number of nitrogens with zero attached hydrogens (tertiary/aromatic N) is 1. The summed E-state index contributed by atoms with van der Waals surface area (Å²) in [5, 5.41) is 0. The van der Waals surface area contributed by atoms with E-state index in [1.54, 1.807) is 19.9 Å². The molecule has 3 nitrogen and oxygen atoms in total. The molecule has 0 fully saturated rings. The van der Waals surface area contributed by atoms with Gasteiger partial charge >= 0.3 is 12.1 Å². The average molecular weight is 261 g/mol. The van der Waals surface area contributed by atoms with Crippen molar-refractivity contribution in [3.8, 4) is 5.75 Å². The van der Waals surface area contributed by atoms with E-state index in [-0.39, 0.29) is 5.69 Å². The molecule has 0 atom stereocenters. The van der Waals surface area contributed by atoms with Crippen LogP contribution in [-0.4, -0.2) is 26.2 Å². The number of carbonyl (C=O) groups excluding carboxylic acids is 1. The predicted octanol–water partition coefficient (Wildman–Crippen LogP) is 2.84. The second kappa shape index (κ2) is 4.88. The monoisotopic (exact) mass is 261 g/mol. The van der Waals surface area contributed by atoms with Crippen LogP contribution in [0.2, 0.25) is 0 Å². The Kier molecular flexibility index (Phi) is 3.88. The van der Waals surface area contributed by atoms with Gasteiger partial charge in [0.25, 0.3) is 0 Å². The lowest BCUT2D eigenvalue weighted by Crippen LogP contribution is -2.38. The van der Waals surface area contributed by atoms with E-state index in [9.17, 15) is 18.0 Å². The van der Waals surface area contributed by atoms with Crippen molar-refractivity contribution in [3.63, 3.8) is 0 Å². The molecule has 0 aliphatic carbocycles. The number of methoxy groups -OCH3 is 1. The lowest BCUT2D eigenvalue weighted by Gasteiger charge is -2.22. The molecule has 0 spiro atoms. The van der Waals surface area contributed by atoms with Gasteiger partial charge < -0.3 is 9.64 Å². The Balaban J connectivity index is 3.19. The lowest BCUT2D eigenvalue weighted by atomic mass is 10.1. The van der Waals surface area contributed by atoms with Gasteiger partial charge in [0.2, 0.25) is 0 Å². The van der Waals surface area contributed by atoms with E-state index < -0.39 is 12.1 Å². The molecule has 0 aliphatic rings. The fourth-order valence-corrected chi connectivity index (χ4v) is 1.66. The molecule has 0 aromatic heterocycles. The number of rotatable bonds is 2. The minimum atomic E-state index is -4.88. The minimum Gasteiger partial charge on any atom is -0.496 e. The Labute approximate surface area is 103 Å². The second-order valence-electron chi connectivity index (χ2n) is 3.97. The maximum Gasteiger partial charge on any atom is 0.471 e. The molecule has 18 heavy (non-hydrogen) atoms. The molecule has 1 amide bonds. The van der Waals surface area contributed by atoms with Crippen LogP contribution in [0.5, 0.6) is 5.75 Å². The molecule has 0 bridgehead atoms. The molecule has 1 rings (SSSR count). The third kappa shape index (κ3) is 2.75. The highest BCUT2D eigenvalue weighted by molar-refractivity contribution is 5.97. The molecular weight excluding hydrogens is 247 g/mol. The zero-order valence-corrected chi connectivity index (χ0v) is 10.6. The van der Waals surface area contributed by atoms with E-state index in [0.29, 0.717) is 21.8 Å². The smallest absolute Gasteiger partial charge is 0.471 e. The minimum absolute atomic E-state index is 0.218. The summed E-state index contributed by atoms with van der Waals surface area (Å²) in [5.74, 6) is -1.32. The van der Waals surface area contributed by atoms with Gasteiger partial charge in [0, 0.05) is 12.7 Å². The van der Waals surface area contributed by atoms with Crippen molar-refractivity contribution in [2.75, 3.05) is 19.1 Å². The van der Waals surface area contributed by atoms with Gasteiger partial charge in [0.1, 0.15) is 5.75 Å². The van der Waals surface area contributed by atoms with E-state index in [1.807, 2.05) is 0 Å². The summed E-state index contributed by atoms with van der Waals surface area (Å²) < 4.78 is 42.1. The third-order valence-electron chi connectivity index (χ3n) is 2.62. The van der Waals surface area contributed by atoms with E-state index in [2.05, 4.69) is 0 Å². The first-order valence-corrected chi connectivity index (χ1v) is 5.18. The van der Waals surface area contributed by atoms with Crippen LogP contribution in [0.4, 0.5) is 18.9 Å². The second-order valence-corrected chi connectivity index (χ2v) is 3.97. The molecule has 0 aliphatic heterocycles. The summed E-state index contributed by atoms with van der Waals surface area (Å²) in [6, 6.07) is 3.10. The van der Waals surface area contributed by atoms with Gasteiger partial charge in [-0.1, -0.05) is 0 Å². The van der Waals surface area contributed by atoms with Gasteiger partial charge in [-0.05, 0) is 37.1 Å². The molecule has 0 saturated carbocycles. The Morgan fingerprint density at radius 2 is 1.78 bits per heavy atom. The number of ether oxygens (including phenoxy) is 1. The van der Waals surface area contributed by atoms with Crippen molar-refractivity contribution in [2.24, 2.45) is 0 Å². The Bertz CT molecular complexity index is 469. The molecule has 100 valence electrons. The highest BCUT2D eigenvalue weighted by Gasteiger charge is 2.42. The predicted molar refractivity (Wildman–Crippen MR) is 61.9 cm³/mol. The number of amides is 1. The van der Waals surface area contributed by atoms with Gasteiger partial charge in [-0.25, -0.2) is 0 Å². The van der Waals surface area contributed by atoms with Crippen molar-refractivity contribution in [2.45, 2.75) is 20.0 Å². The van der Waals surface area contributed by atoms with E-state index in [4.69, 9.17) is 4.74 Å². The van der Waals surface area contributed by atoms with Crippen LogP contribution in [0.3, 0.4) is 0 Å². The Morgan fingerprint density at radius 3 is 2.22 bits per heavy atom. The largest absolute Gasteiger partial charge is 0.496 e. The van der Waals surface area contributed by atoms with Crippen LogP contribution < -0.4 is 9.64 Å². The Morgan fingerprint density at radius 1 is 1.22 bits per heavy atom. The summed E-state index contributed by atoms with van der Waals surface area (Å²) in [4.78, 5) is 11.8. The van der Waals surface area contributed by atoms with Crippen molar-refractivity contribution >= 4 is 11.6 Å². The van der Waals surface area contributed by atoms with Gasteiger partial charge in [-0.3, -0.25) is 4.79 Å². The molecule has 0 heterocycles. The highest BCUT2D eigenvalue weighted by atomic mass is 19.4. The standard InChI is InChI=1S/C12H14F3NO2/c1-7-6-10(18-4)8(2)5-9(7)16(3)11(17)12(13,14)15/h5-6H,1-4H3. The number of benzene rings is 1. The van der Waals surface area contributed by atoms with Crippen molar-refractivity contribution in [1.82, 2.24) is 0 Å². The number of halogens is 3. The van der Waals surface area contributed by atoms with Crippen molar-refractivity contribution < 1.29 is 22.7 Å². The van der Waals surface area contributed by atoms with Crippen LogP contribution in [0.25, 0.3) is 0 Å². The zero-order chi connectivity index (χ0) is 14.1. The number of anilines is 1. The maximum absolute atomic E-state index is 12.3. The van der Waals surface area contributed by atoms with Gasteiger partial charge in [0.05, 0.1) is 7.11 Å². The van der Waals surface area contributed by atoms with E-state index in [0.717, 1.165) is 7.05 Å². The normalized spacial score (nSPS) is 11.3. The fraction of sp³-hybridized carbons (Fsp3) is 0.417. The number of carbonyl (C=O) groups is 1. The molecular formula is C12H14F3NO2. The first kappa shape index (κ1) is 14.3. The molecule has 0 unspecified atom stereocenters. The van der Waals surface area contributed by atoms with Crippen LogP contribution in [0, 0.1) is 13.8 Å². The van der Waals surface area contributed by atoms with E-state index >= 15 is 0 Å². The SMILES string of the molecule is COc1cc(C)c(N(C)C(=O)C(F)(F)F)cc1C. The third-order valence-corrected chi connectivity index (χ3v) is 2.62. The summed E-state index contributed by atoms with van der Waals surface area (Å²) in [5.41, 5.74) is 1.42. The molecule has 0 saturated heterocycles. The van der Waals surface area contributed by atoms with Gasteiger partial charge in [-0.15, -0.1) is 0 Å². The molecule has 0 N–H and O–H groups in total. The average Bonchev–Trinajstić information content (AvgIpc) is 2.28. The summed E-state index contributed by atoms with van der Waals surface area (Å²) >= 11 is 0. The number of alkyl halides is 3. The molecule has 1 aromatic rings. The number of hydrogen-bond donors (Lipinski definition) is 0. The quantitative estimate of drug-likeness (QED) is 0.819. The van der Waals surface area contributed by atoms with Crippen LogP contribution in [-0.2, 0) is 4.79 Å². The van der Waals surface area contributed by atoms with Crippen LogP contribution >= 0.6 is 0 Å². The topological polar surface area (TPSA) is 29.5 Å². The Hall–Kier alpha value is -1.72. The lowest BCUT2D eigenvalue weighted by molar-refractivity contribution is -0.170. The number of hydrogen-bond acceptors (Lipinski definition) is 2. The summed E-state index contributed by atoms with van der Waals surface area (Å²) in [7, 11) is 2.58. The van der Waals surface area contributed by atoms with Crippen molar-refractivity contribution in [1.29, 1.82) is 0 Å².